The Morgan fingerprint density at radius 2 is 1.84 bits per heavy atom. The average molecular weight is 435 g/mol. The van der Waals surface area contributed by atoms with E-state index in [1.165, 1.54) is 42.8 Å². The molecule has 0 saturated carbocycles. The van der Waals surface area contributed by atoms with Gasteiger partial charge < -0.3 is 27.5 Å². The summed E-state index contributed by atoms with van der Waals surface area (Å²) >= 11 is 0. The fourth-order valence-corrected chi connectivity index (χ4v) is 2.77. The highest BCUT2D eigenvalue weighted by Crippen LogP contribution is 2.27. The number of anilines is 3. The number of nitrogen functional groups attached to an aromatic ring is 1. The molecule has 0 amide bonds. The molecule has 3 aromatic rings. The smallest absolute Gasteiger partial charge is 0.393 e. The minimum atomic E-state index is -4.30. The van der Waals surface area contributed by atoms with E-state index in [1.807, 2.05) is 0 Å². The van der Waals surface area contributed by atoms with E-state index in [0.717, 1.165) is 0 Å². The van der Waals surface area contributed by atoms with Crippen molar-refractivity contribution in [2.75, 3.05) is 25.1 Å². The molecule has 0 atom stereocenters. The van der Waals surface area contributed by atoms with Crippen LogP contribution >= 0.6 is 0 Å². The topological polar surface area (TPSA) is 158 Å². The maximum absolute atomic E-state index is 12.6. The van der Waals surface area contributed by atoms with Gasteiger partial charge in [-0.3, -0.25) is 0 Å². The lowest BCUT2D eigenvalue weighted by Crippen LogP contribution is -2.25. The van der Waals surface area contributed by atoms with Crippen LogP contribution in [0.1, 0.15) is 11.3 Å². The number of hydrogen-bond acceptors (Lipinski definition) is 9. The third-order valence-electron chi connectivity index (χ3n) is 4.03. The van der Waals surface area contributed by atoms with Crippen LogP contribution in [-0.2, 0) is 6.42 Å². The van der Waals surface area contributed by atoms with E-state index in [9.17, 15) is 13.2 Å². The molecular weight excluding hydrogens is 411 g/mol. The molecule has 0 aliphatic rings. The molecule has 0 aromatic carbocycles. The summed E-state index contributed by atoms with van der Waals surface area (Å²) in [5, 5.41) is 5.51. The fraction of sp³-hybridized carbons (Fsp3) is 0.211. The van der Waals surface area contributed by atoms with Crippen LogP contribution in [0.3, 0.4) is 0 Å². The molecular formula is C19H24F3N9. The van der Waals surface area contributed by atoms with E-state index < -0.39 is 12.6 Å². The standard InChI is InChI=1S/C18H19F3N8.CH5N/c1-29(24)14(8-22)13-5-11-6-16(26-9-12(11)17(23)27-13)28-15-4-10(2-3-25-15)7-18(19,20)21;1-2/h2-6,8-9H,7,22,24H2,1H3,(H2,23,27)(H,25,26,28);2H2,1H3/b14-8-;. The van der Waals surface area contributed by atoms with Crippen molar-refractivity contribution in [2.45, 2.75) is 12.6 Å². The number of pyridine rings is 3. The number of rotatable bonds is 5. The predicted octanol–water partition coefficient (Wildman–Crippen LogP) is 2.09. The van der Waals surface area contributed by atoms with Gasteiger partial charge in [0, 0.05) is 31.0 Å². The average Bonchev–Trinajstić information content (AvgIpc) is 2.68. The van der Waals surface area contributed by atoms with Gasteiger partial charge in [0.05, 0.1) is 17.8 Å². The Bertz CT molecular complexity index is 1070. The van der Waals surface area contributed by atoms with E-state index in [1.54, 1.807) is 19.2 Å². The van der Waals surface area contributed by atoms with Crippen molar-refractivity contribution in [3.8, 4) is 0 Å². The Hall–Kier alpha value is -3.64. The Kier molecular flexibility index (Phi) is 7.56. The molecule has 12 heteroatoms. The molecule has 3 aromatic heterocycles. The highest BCUT2D eigenvalue weighted by Gasteiger charge is 2.27. The molecule has 0 bridgehead atoms. The maximum atomic E-state index is 12.6. The van der Waals surface area contributed by atoms with Gasteiger partial charge in [-0.05, 0) is 42.3 Å². The molecule has 0 fully saturated rings. The minimum absolute atomic E-state index is 0.0928. The summed E-state index contributed by atoms with van der Waals surface area (Å²) in [5.41, 5.74) is 17.1. The SMILES string of the molecule is CN.CN(N)/C(=C\N)c1cc2cc(Nc3cc(CC(F)(F)F)ccn3)ncc2c(N)n1. The molecule has 3 heterocycles. The summed E-state index contributed by atoms with van der Waals surface area (Å²) < 4.78 is 37.8. The zero-order chi connectivity index (χ0) is 23.2. The number of nitrogens with two attached hydrogens (primary N) is 4. The molecule has 3 rings (SSSR count). The Balaban J connectivity index is 0.00000166. The number of halogens is 3. The summed E-state index contributed by atoms with van der Waals surface area (Å²) in [6.07, 6.45) is -1.21. The zero-order valence-corrected chi connectivity index (χ0v) is 17.0. The number of hydrazine groups is 1. The first kappa shape index (κ1) is 23.6. The molecule has 9 N–H and O–H groups in total. The molecule has 0 aliphatic heterocycles. The van der Waals surface area contributed by atoms with Gasteiger partial charge in [-0.2, -0.15) is 13.2 Å². The Labute approximate surface area is 176 Å². The number of fused-ring (bicyclic) bond motifs is 1. The lowest BCUT2D eigenvalue weighted by atomic mass is 10.1. The summed E-state index contributed by atoms with van der Waals surface area (Å²) in [7, 11) is 3.11. The van der Waals surface area contributed by atoms with Crippen LogP contribution in [0.4, 0.5) is 30.6 Å². The minimum Gasteiger partial charge on any atom is -0.403 e. The van der Waals surface area contributed by atoms with Gasteiger partial charge >= 0.3 is 6.18 Å². The predicted molar refractivity (Wildman–Crippen MR) is 115 cm³/mol. The molecule has 0 unspecified atom stereocenters. The van der Waals surface area contributed by atoms with E-state index in [0.29, 0.717) is 28.0 Å². The van der Waals surface area contributed by atoms with Crippen LogP contribution in [0.2, 0.25) is 0 Å². The second-order valence-electron chi connectivity index (χ2n) is 6.31. The van der Waals surface area contributed by atoms with E-state index in [4.69, 9.17) is 17.3 Å². The number of alkyl halides is 3. The largest absolute Gasteiger partial charge is 0.403 e. The van der Waals surface area contributed by atoms with Gasteiger partial charge in [-0.25, -0.2) is 20.8 Å². The lowest BCUT2D eigenvalue weighted by molar-refractivity contribution is -0.127. The van der Waals surface area contributed by atoms with Crippen molar-refractivity contribution in [2.24, 2.45) is 17.3 Å². The van der Waals surface area contributed by atoms with Crippen LogP contribution in [0.15, 0.2) is 42.9 Å². The van der Waals surface area contributed by atoms with E-state index in [-0.39, 0.29) is 17.2 Å². The molecule has 0 saturated heterocycles. The van der Waals surface area contributed by atoms with Gasteiger partial charge in [0.25, 0.3) is 0 Å². The third-order valence-corrected chi connectivity index (χ3v) is 4.03. The second kappa shape index (κ2) is 9.91. The van der Waals surface area contributed by atoms with Gasteiger partial charge in [0.1, 0.15) is 17.5 Å². The number of aromatic nitrogens is 3. The first-order valence-corrected chi connectivity index (χ1v) is 8.99. The molecule has 9 nitrogen and oxygen atoms in total. The quantitative estimate of drug-likeness (QED) is 0.299. The van der Waals surface area contributed by atoms with Gasteiger partial charge in [-0.1, -0.05) is 0 Å². The second-order valence-corrected chi connectivity index (χ2v) is 6.31. The summed E-state index contributed by atoms with van der Waals surface area (Å²) in [6.45, 7) is 0. The molecule has 0 spiro atoms. The molecule has 0 radical (unpaired) electrons. The normalized spacial score (nSPS) is 11.6. The van der Waals surface area contributed by atoms with Crippen molar-refractivity contribution in [1.29, 1.82) is 0 Å². The maximum Gasteiger partial charge on any atom is 0.393 e. The molecule has 31 heavy (non-hydrogen) atoms. The number of nitrogens with one attached hydrogen (secondary N) is 1. The van der Waals surface area contributed by atoms with Crippen molar-refractivity contribution in [3.05, 3.63) is 54.1 Å². The highest BCUT2D eigenvalue weighted by molar-refractivity contribution is 5.93. The highest BCUT2D eigenvalue weighted by atomic mass is 19.4. The lowest BCUT2D eigenvalue weighted by Gasteiger charge is -2.16. The van der Waals surface area contributed by atoms with Crippen LogP contribution < -0.4 is 28.4 Å². The number of hydrogen-bond donors (Lipinski definition) is 5. The van der Waals surface area contributed by atoms with Crippen LogP contribution in [0.25, 0.3) is 16.5 Å². The first-order chi connectivity index (χ1) is 14.7. The fourth-order valence-electron chi connectivity index (χ4n) is 2.77. The van der Waals surface area contributed by atoms with Crippen molar-refractivity contribution in [1.82, 2.24) is 20.0 Å². The third kappa shape index (κ3) is 6.17. The van der Waals surface area contributed by atoms with Gasteiger partial charge in [0.15, 0.2) is 0 Å². The van der Waals surface area contributed by atoms with Crippen LogP contribution in [0.5, 0.6) is 0 Å². The molecule has 166 valence electrons. The number of nitrogens with zero attached hydrogens (tertiary/aromatic N) is 4. The van der Waals surface area contributed by atoms with Crippen molar-refractivity contribution >= 4 is 33.9 Å². The van der Waals surface area contributed by atoms with Crippen LogP contribution in [0, 0.1) is 0 Å². The van der Waals surface area contributed by atoms with E-state index in [2.05, 4.69) is 26.0 Å². The van der Waals surface area contributed by atoms with Crippen LogP contribution in [-0.4, -0.2) is 40.2 Å². The monoisotopic (exact) mass is 435 g/mol. The zero-order valence-electron chi connectivity index (χ0n) is 17.0. The van der Waals surface area contributed by atoms with Gasteiger partial charge in [0.2, 0.25) is 0 Å². The Morgan fingerprint density at radius 1 is 1.16 bits per heavy atom. The Morgan fingerprint density at radius 3 is 2.45 bits per heavy atom. The summed E-state index contributed by atoms with van der Waals surface area (Å²) in [6, 6.07) is 6.05. The van der Waals surface area contributed by atoms with Crippen molar-refractivity contribution < 1.29 is 13.2 Å². The first-order valence-electron chi connectivity index (χ1n) is 8.99. The van der Waals surface area contributed by atoms with Gasteiger partial charge in [-0.15, -0.1) is 0 Å². The van der Waals surface area contributed by atoms with Crippen molar-refractivity contribution in [3.63, 3.8) is 0 Å². The van der Waals surface area contributed by atoms with E-state index >= 15 is 0 Å². The summed E-state index contributed by atoms with van der Waals surface area (Å²) in [4.78, 5) is 12.6. The molecule has 0 aliphatic carbocycles. The summed E-state index contributed by atoms with van der Waals surface area (Å²) in [5.74, 6) is 6.61.